The Labute approximate surface area is 153 Å². The van der Waals surface area contributed by atoms with Gasteiger partial charge >= 0.3 is 0 Å². The zero-order chi connectivity index (χ0) is 18.9. The lowest BCUT2D eigenvalue weighted by Crippen LogP contribution is -2.55. The van der Waals surface area contributed by atoms with Gasteiger partial charge < -0.3 is 14.8 Å². The highest BCUT2D eigenvalue weighted by Gasteiger charge is 2.42. The van der Waals surface area contributed by atoms with Gasteiger partial charge in [0.25, 0.3) is 5.91 Å². The number of ether oxygens (including phenoxy) is 2. The van der Waals surface area contributed by atoms with Crippen LogP contribution in [0.15, 0.2) is 18.2 Å². The molecule has 1 unspecified atom stereocenters. The van der Waals surface area contributed by atoms with Crippen molar-refractivity contribution in [2.75, 3.05) is 19.8 Å². The van der Waals surface area contributed by atoms with Crippen molar-refractivity contribution in [3.05, 3.63) is 29.3 Å². The molecule has 0 radical (unpaired) electrons. The van der Waals surface area contributed by atoms with Gasteiger partial charge in [-0.3, -0.25) is 4.79 Å². The summed E-state index contributed by atoms with van der Waals surface area (Å²) < 4.78 is 24.7. The zero-order valence-electron chi connectivity index (χ0n) is 15.5. The van der Waals surface area contributed by atoms with Gasteiger partial charge in [-0.05, 0) is 50.3 Å². The van der Waals surface area contributed by atoms with Gasteiger partial charge in [-0.2, -0.15) is 5.26 Å². The Bertz CT molecular complexity index is 728. The van der Waals surface area contributed by atoms with Crippen LogP contribution in [0.25, 0.3) is 0 Å². The van der Waals surface area contributed by atoms with E-state index in [2.05, 4.69) is 11.4 Å². The van der Waals surface area contributed by atoms with Crippen LogP contribution < -0.4 is 10.1 Å². The minimum Gasteiger partial charge on any atom is -0.490 e. The van der Waals surface area contributed by atoms with Crippen molar-refractivity contribution in [1.29, 1.82) is 5.26 Å². The molecule has 2 fully saturated rings. The number of alkyl halides is 1. The first-order valence-electron chi connectivity index (χ1n) is 8.96. The van der Waals surface area contributed by atoms with Crippen molar-refractivity contribution in [3.63, 3.8) is 0 Å². The zero-order valence-corrected chi connectivity index (χ0v) is 15.5. The molecule has 0 bridgehead atoms. The van der Waals surface area contributed by atoms with Crippen molar-refractivity contribution in [3.8, 4) is 11.8 Å². The highest BCUT2D eigenvalue weighted by molar-refractivity contribution is 5.95. The Morgan fingerprint density at radius 2 is 2.19 bits per heavy atom. The first kappa shape index (κ1) is 18.7. The Morgan fingerprint density at radius 1 is 1.50 bits per heavy atom. The van der Waals surface area contributed by atoms with E-state index in [1.807, 2.05) is 13.0 Å². The summed E-state index contributed by atoms with van der Waals surface area (Å²) in [6.07, 6.45) is 2.16. The van der Waals surface area contributed by atoms with E-state index in [1.165, 1.54) is 13.8 Å². The fourth-order valence-electron chi connectivity index (χ4n) is 2.95. The smallest absolute Gasteiger partial charge is 0.252 e. The largest absolute Gasteiger partial charge is 0.490 e. The first-order valence-corrected chi connectivity index (χ1v) is 8.96. The number of hydrogen-bond donors (Lipinski definition) is 1. The number of carbonyl (C=O) groups is 1. The van der Waals surface area contributed by atoms with Crippen LogP contribution in [0.2, 0.25) is 0 Å². The summed E-state index contributed by atoms with van der Waals surface area (Å²) in [7, 11) is 0. The van der Waals surface area contributed by atoms with E-state index < -0.39 is 11.7 Å². The highest BCUT2D eigenvalue weighted by Crippen LogP contribution is 2.44. The van der Waals surface area contributed by atoms with Crippen LogP contribution in [0.1, 0.15) is 55.5 Å². The fraction of sp³-hybridized carbons (Fsp3) is 0.600. The van der Waals surface area contributed by atoms with Crippen LogP contribution in [-0.2, 0) is 4.74 Å². The second-order valence-corrected chi connectivity index (χ2v) is 8.22. The Hall–Kier alpha value is -2.13. The van der Waals surface area contributed by atoms with Crippen molar-refractivity contribution in [2.45, 2.75) is 51.2 Å². The van der Waals surface area contributed by atoms with Crippen LogP contribution in [0.3, 0.4) is 0 Å². The van der Waals surface area contributed by atoms with Crippen LogP contribution in [0, 0.1) is 16.7 Å². The van der Waals surface area contributed by atoms with Crippen LogP contribution in [-0.4, -0.2) is 37.4 Å². The van der Waals surface area contributed by atoms with Gasteiger partial charge in [0.05, 0.1) is 19.3 Å². The third-order valence-corrected chi connectivity index (χ3v) is 4.83. The van der Waals surface area contributed by atoms with Crippen molar-refractivity contribution >= 4 is 5.91 Å². The molecule has 1 N–H and O–H groups in total. The number of hydrogen-bond acceptors (Lipinski definition) is 4. The second kappa shape index (κ2) is 6.88. The van der Waals surface area contributed by atoms with Gasteiger partial charge in [0.15, 0.2) is 0 Å². The van der Waals surface area contributed by atoms with Gasteiger partial charge in [-0.15, -0.1) is 0 Å². The minimum absolute atomic E-state index is 0.0754. The van der Waals surface area contributed by atoms with E-state index in [1.54, 1.807) is 12.1 Å². The summed E-state index contributed by atoms with van der Waals surface area (Å²) in [5, 5.41) is 12.2. The predicted octanol–water partition coefficient (Wildman–Crippen LogP) is 3.35. The average Bonchev–Trinajstić information content (AvgIpc) is 3.39. The molecular weight excluding hydrogens is 335 g/mol. The fourth-order valence-corrected chi connectivity index (χ4v) is 2.95. The molecule has 2 aliphatic rings. The van der Waals surface area contributed by atoms with Gasteiger partial charge in [0.2, 0.25) is 0 Å². The predicted molar refractivity (Wildman–Crippen MR) is 94.9 cm³/mol. The number of carbonyl (C=O) groups excluding carboxylic acids is 1. The second-order valence-electron chi connectivity index (χ2n) is 8.22. The average molecular weight is 360 g/mol. The van der Waals surface area contributed by atoms with E-state index in [-0.39, 0.29) is 17.9 Å². The molecule has 1 amide bonds. The first-order chi connectivity index (χ1) is 12.2. The van der Waals surface area contributed by atoms with Gasteiger partial charge in [-0.1, -0.05) is 13.0 Å². The summed E-state index contributed by atoms with van der Waals surface area (Å²) in [4.78, 5) is 12.6. The molecule has 0 spiro atoms. The molecule has 3 rings (SSSR count). The summed E-state index contributed by atoms with van der Waals surface area (Å²) >= 11 is 0. The van der Waals surface area contributed by atoms with Crippen molar-refractivity contribution in [2.24, 2.45) is 5.41 Å². The molecule has 1 aromatic rings. The standard InChI is InChI=1S/C20H25FN2O3/c1-19(2,21)10-26-16-8-14(6-7-15(16)13-4-5-13)18(24)23-17(9-22)20(3)11-25-12-20/h6-8,13,17H,4-5,10-12H2,1-3H3,(H,23,24). The van der Waals surface area contributed by atoms with E-state index in [9.17, 15) is 14.4 Å². The monoisotopic (exact) mass is 360 g/mol. The van der Waals surface area contributed by atoms with Crippen molar-refractivity contribution < 1.29 is 18.7 Å². The number of halogens is 1. The number of amides is 1. The molecule has 0 aromatic heterocycles. The van der Waals surface area contributed by atoms with Gasteiger partial charge in [-0.25, -0.2) is 4.39 Å². The SMILES string of the molecule is CC(C)(F)COc1cc(C(=O)NC(C#N)C2(C)COC2)ccc1C1CC1. The van der Waals surface area contributed by atoms with Crippen molar-refractivity contribution in [1.82, 2.24) is 5.32 Å². The number of nitrogens with one attached hydrogen (secondary N) is 1. The highest BCUT2D eigenvalue weighted by atomic mass is 19.1. The minimum atomic E-state index is -1.45. The number of nitrogens with zero attached hydrogens (tertiary/aromatic N) is 1. The number of nitriles is 1. The van der Waals surface area contributed by atoms with Gasteiger partial charge in [0.1, 0.15) is 24.1 Å². The summed E-state index contributed by atoms with van der Waals surface area (Å²) in [5.41, 5.74) is -0.396. The lowest BCUT2D eigenvalue weighted by molar-refractivity contribution is -0.110. The quantitative estimate of drug-likeness (QED) is 0.809. The molecule has 140 valence electrons. The molecule has 1 saturated carbocycles. The lowest BCUT2D eigenvalue weighted by atomic mass is 9.81. The van der Waals surface area contributed by atoms with E-state index in [4.69, 9.17) is 9.47 Å². The van der Waals surface area contributed by atoms with Crippen LogP contribution >= 0.6 is 0 Å². The third-order valence-electron chi connectivity index (χ3n) is 4.83. The third kappa shape index (κ3) is 4.16. The molecule has 5 nitrogen and oxygen atoms in total. The molecule has 1 saturated heterocycles. The van der Waals surface area contributed by atoms with Gasteiger partial charge in [0, 0.05) is 11.0 Å². The normalized spacial score (nSPS) is 19.8. The maximum absolute atomic E-state index is 13.8. The van der Waals surface area contributed by atoms with Crippen LogP contribution in [0.4, 0.5) is 4.39 Å². The van der Waals surface area contributed by atoms with E-state index in [0.29, 0.717) is 30.4 Å². The Kier molecular flexibility index (Phi) is 4.94. The summed E-state index contributed by atoms with van der Waals surface area (Å²) in [6, 6.07) is 6.80. The van der Waals surface area contributed by atoms with E-state index >= 15 is 0 Å². The maximum atomic E-state index is 13.8. The molecule has 1 aliphatic heterocycles. The summed E-state index contributed by atoms with van der Waals surface area (Å²) in [6.45, 7) is 5.66. The van der Waals surface area contributed by atoms with Crippen LogP contribution in [0.5, 0.6) is 5.75 Å². The number of rotatable bonds is 7. The molecule has 6 heteroatoms. The topological polar surface area (TPSA) is 71.3 Å². The molecule has 1 aromatic carbocycles. The molecule has 26 heavy (non-hydrogen) atoms. The molecular formula is C20H25FN2O3. The number of benzene rings is 1. The molecule has 1 aliphatic carbocycles. The lowest BCUT2D eigenvalue weighted by Gasteiger charge is -2.41. The Morgan fingerprint density at radius 3 is 2.69 bits per heavy atom. The van der Waals surface area contributed by atoms with E-state index in [0.717, 1.165) is 18.4 Å². The molecule has 1 atom stereocenters. The summed E-state index contributed by atoms with van der Waals surface area (Å²) in [5.74, 6) is 0.636. The molecule has 1 heterocycles. The Balaban J connectivity index is 1.76. The maximum Gasteiger partial charge on any atom is 0.252 e.